The molecule has 1 heterocycles. The van der Waals surface area contributed by atoms with Gasteiger partial charge in [-0.3, -0.25) is 5.32 Å². The van der Waals surface area contributed by atoms with Crippen molar-refractivity contribution in [2.24, 2.45) is 0 Å². The molecule has 2 N–H and O–H groups in total. The molecule has 0 radical (unpaired) electrons. The molecule has 1 aliphatic heterocycles. The first-order chi connectivity index (χ1) is 5.85. The van der Waals surface area contributed by atoms with Gasteiger partial charge in [-0.1, -0.05) is 0 Å². The van der Waals surface area contributed by atoms with Crippen LogP contribution >= 0.6 is 0 Å². The minimum absolute atomic E-state index is 0.251. The van der Waals surface area contributed by atoms with Crippen molar-refractivity contribution in [3.8, 4) is 6.07 Å². The predicted octanol–water partition coefficient (Wildman–Crippen LogP) is 0.384. The van der Waals surface area contributed by atoms with E-state index in [-0.39, 0.29) is 5.54 Å². The highest BCUT2D eigenvalue weighted by molar-refractivity contribution is 5.12. The lowest BCUT2D eigenvalue weighted by Crippen LogP contribution is -2.55. The summed E-state index contributed by atoms with van der Waals surface area (Å²) in [6.07, 6.45) is 4.63. The van der Waals surface area contributed by atoms with Gasteiger partial charge in [0.15, 0.2) is 0 Å². The monoisotopic (exact) mass is 165 g/mol. The second kappa shape index (κ2) is 3.04. The normalized spacial score (nSPS) is 35.9. The van der Waals surface area contributed by atoms with Crippen LogP contribution in [0.4, 0.5) is 0 Å². The Balaban J connectivity index is 1.96. The van der Waals surface area contributed by atoms with Crippen LogP contribution in [0, 0.1) is 11.3 Å². The molecule has 12 heavy (non-hydrogen) atoms. The fourth-order valence-corrected chi connectivity index (χ4v) is 1.77. The Morgan fingerprint density at radius 2 is 2.33 bits per heavy atom. The van der Waals surface area contributed by atoms with Crippen LogP contribution in [0.1, 0.15) is 25.7 Å². The molecule has 0 spiro atoms. The summed E-state index contributed by atoms with van der Waals surface area (Å²) in [4.78, 5) is 0. The van der Waals surface area contributed by atoms with Crippen LogP contribution in [0.5, 0.6) is 0 Å². The maximum atomic E-state index is 9.07. The van der Waals surface area contributed by atoms with Crippen molar-refractivity contribution in [1.29, 1.82) is 5.26 Å². The minimum Gasteiger partial charge on any atom is -0.314 e. The van der Waals surface area contributed by atoms with Crippen molar-refractivity contribution >= 4 is 0 Å². The zero-order valence-corrected chi connectivity index (χ0v) is 7.27. The number of nitrogens with one attached hydrogen (secondary N) is 2. The molecule has 1 saturated heterocycles. The molecule has 1 aliphatic carbocycles. The van der Waals surface area contributed by atoms with Gasteiger partial charge in [0, 0.05) is 12.6 Å². The third-order valence-electron chi connectivity index (χ3n) is 2.66. The lowest BCUT2D eigenvalue weighted by molar-refractivity contribution is 0.313. The third kappa shape index (κ3) is 1.60. The van der Waals surface area contributed by atoms with Crippen LogP contribution < -0.4 is 10.6 Å². The van der Waals surface area contributed by atoms with Crippen molar-refractivity contribution < 1.29 is 0 Å². The molecule has 3 nitrogen and oxygen atoms in total. The fraction of sp³-hybridized carbons (Fsp3) is 0.889. The molecule has 1 unspecified atom stereocenters. The maximum absolute atomic E-state index is 9.07. The molecule has 3 heteroatoms. The second-order valence-corrected chi connectivity index (χ2v) is 3.89. The molecule has 0 aromatic heterocycles. The fourth-order valence-electron chi connectivity index (χ4n) is 1.77. The van der Waals surface area contributed by atoms with Crippen molar-refractivity contribution in [2.45, 2.75) is 37.3 Å². The molecular weight excluding hydrogens is 150 g/mol. The van der Waals surface area contributed by atoms with E-state index in [9.17, 15) is 0 Å². The Bertz CT molecular complexity index is 196. The smallest absolute Gasteiger partial charge is 0.119 e. The van der Waals surface area contributed by atoms with Crippen molar-refractivity contribution in [3.05, 3.63) is 0 Å². The molecule has 0 amide bonds. The number of hydrogen-bond donors (Lipinski definition) is 2. The first-order valence-corrected chi connectivity index (χ1v) is 4.74. The summed E-state index contributed by atoms with van der Waals surface area (Å²) in [5.41, 5.74) is -0.251. The summed E-state index contributed by atoms with van der Waals surface area (Å²) in [6.45, 7) is 1.88. The van der Waals surface area contributed by atoms with Crippen LogP contribution in [0.25, 0.3) is 0 Å². The standard InChI is InChI=1S/C9H15N3/c10-6-9(12-8-2-3-8)4-1-5-11-7-9/h8,11-12H,1-5,7H2. The Kier molecular flexibility index (Phi) is 2.03. The average Bonchev–Trinajstić information content (AvgIpc) is 2.90. The molecule has 0 aromatic carbocycles. The Morgan fingerprint density at radius 3 is 2.83 bits per heavy atom. The summed E-state index contributed by atoms with van der Waals surface area (Å²) in [6, 6.07) is 3.04. The van der Waals surface area contributed by atoms with Gasteiger partial charge in [0.25, 0.3) is 0 Å². The second-order valence-electron chi connectivity index (χ2n) is 3.89. The zero-order chi connectivity index (χ0) is 8.44. The van der Waals surface area contributed by atoms with E-state index in [4.69, 9.17) is 5.26 Å². The van der Waals surface area contributed by atoms with Gasteiger partial charge in [-0.05, 0) is 32.2 Å². The van der Waals surface area contributed by atoms with Crippen LogP contribution in [-0.4, -0.2) is 24.7 Å². The molecule has 66 valence electrons. The van der Waals surface area contributed by atoms with E-state index in [1.54, 1.807) is 0 Å². The van der Waals surface area contributed by atoms with Crippen molar-refractivity contribution in [3.63, 3.8) is 0 Å². The van der Waals surface area contributed by atoms with Gasteiger partial charge in [0.1, 0.15) is 5.54 Å². The van der Waals surface area contributed by atoms with Gasteiger partial charge in [-0.15, -0.1) is 0 Å². The number of nitrogens with zero attached hydrogens (tertiary/aromatic N) is 1. The van der Waals surface area contributed by atoms with Crippen molar-refractivity contribution in [2.75, 3.05) is 13.1 Å². The van der Waals surface area contributed by atoms with Crippen molar-refractivity contribution in [1.82, 2.24) is 10.6 Å². The highest BCUT2D eigenvalue weighted by atomic mass is 15.1. The molecular formula is C9H15N3. The largest absolute Gasteiger partial charge is 0.314 e. The molecule has 0 bridgehead atoms. The SMILES string of the molecule is N#CC1(NC2CC2)CCCNC1. The predicted molar refractivity (Wildman–Crippen MR) is 46.6 cm³/mol. The van der Waals surface area contributed by atoms with E-state index in [0.29, 0.717) is 6.04 Å². The van der Waals surface area contributed by atoms with E-state index < -0.39 is 0 Å². The van der Waals surface area contributed by atoms with Crippen LogP contribution in [0.15, 0.2) is 0 Å². The van der Waals surface area contributed by atoms with Gasteiger partial charge >= 0.3 is 0 Å². The minimum atomic E-state index is -0.251. The number of piperidine rings is 1. The average molecular weight is 165 g/mol. The van der Waals surface area contributed by atoms with E-state index in [2.05, 4.69) is 16.7 Å². The summed E-state index contributed by atoms with van der Waals surface area (Å²) < 4.78 is 0. The number of rotatable bonds is 2. The van der Waals surface area contributed by atoms with E-state index >= 15 is 0 Å². The van der Waals surface area contributed by atoms with Crippen LogP contribution in [0.3, 0.4) is 0 Å². The molecule has 0 aromatic rings. The molecule has 1 saturated carbocycles. The Labute approximate surface area is 73.1 Å². The highest BCUT2D eigenvalue weighted by Gasteiger charge is 2.37. The highest BCUT2D eigenvalue weighted by Crippen LogP contribution is 2.25. The van der Waals surface area contributed by atoms with Crippen LogP contribution in [0.2, 0.25) is 0 Å². The first kappa shape index (κ1) is 8.03. The third-order valence-corrected chi connectivity index (χ3v) is 2.66. The Hall–Kier alpha value is -0.590. The Morgan fingerprint density at radius 1 is 1.50 bits per heavy atom. The van der Waals surface area contributed by atoms with Gasteiger partial charge in [0.05, 0.1) is 6.07 Å². The van der Waals surface area contributed by atoms with Gasteiger partial charge in [-0.25, -0.2) is 0 Å². The summed E-state index contributed by atoms with van der Waals surface area (Å²) in [7, 11) is 0. The molecule has 1 atom stereocenters. The number of nitriles is 1. The lowest BCUT2D eigenvalue weighted by atomic mass is 9.92. The van der Waals surface area contributed by atoms with Crippen LogP contribution in [-0.2, 0) is 0 Å². The van der Waals surface area contributed by atoms with Gasteiger partial charge in [0.2, 0.25) is 0 Å². The van der Waals surface area contributed by atoms with E-state index in [1.807, 2.05) is 0 Å². The summed E-state index contributed by atoms with van der Waals surface area (Å²) >= 11 is 0. The molecule has 2 aliphatic rings. The van der Waals surface area contributed by atoms with E-state index in [0.717, 1.165) is 25.9 Å². The van der Waals surface area contributed by atoms with Gasteiger partial charge < -0.3 is 5.32 Å². The zero-order valence-electron chi connectivity index (χ0n) is 7.27. The summed E-state index contributed by atoms with van der Waals surface area (Å²) in [5, 5.41) is 15.8. The lowest BCUT2D eigenvalue weighted by Gasteiger charge is -2.32. The molecule has 2 fully saturated rings. The maximum Gasteiger partial charge on any atom is 0.119 e. The quantitative estimate of drug-likeness (QED) is 0.622. The summed E-state index contributed by atoms with van der Waals surface area (Å²) in [5.74, 6) is 0. The first-order valence-electron chi connectivity index (χ1n) is 4.74. The van der Waals surface area contributed by atoms with Gasteiger partial charge in [-0.2, -0.15) is 5.26 Å². The van der Waals surface area contributed by atoms with E-state index in [1.165, 1.54) is 12.8 Å². The molecule has 2 rings (SSSR count). The number of hydrogen-bond acceptors (Lipinski definition) is 3. The topological polar surface area (TPSA) is 47.9 Å².